The van der Waals surface area contributed by atoms with Crippen LogP contribution in [0.2, 0.25) is 0 Å². The summed E-state index contributed by atoms with van der Waals surface area (Å²) in [4.78, 5) is 50.3. The Morgan fingerprint density at radius 2 is 0.591 bits per heavy atom. The van der Waals surface area contributed by atoms with Crippen LogP contribution in [-0.2, 0) is 38.1 Å². The summed E-state index contributed by atoms with van der Waals surface area (Å²) in [5.41, 5.74) is -1.17. The zero-order chi connectivity index (χ0) is 32.7. The van der Waals surface area contributed by atoms with E-state index >= 15 is 0 Å². The molecular weight excluding hydrogens is 560 g/mol. The molecule has 258 valence electrons. The molecule has 44 heavy (non-hydrogen) atoms. The van der Waals surface area contributed by atoms with E-state index in [2.05, 4.69) is 20.8 Å². The predicted molar refractivity (Wildman–Crippen MR) is 175 cm³/mol. The van der Waals surface area contributed by atoms with Crippen molar-refractivity contribution in [2.24, 2.45) is 5.41 Å². The van der Waals surface area contributed by atoms with E-state index in [1.807, 2.05) is 6.92 Å². The summed E-state index contributed by atoms with van der Waals surface area (Å²) in [6.45, 7) is 7.70. The topological polar surface area (TPSA) is 105 Å². The van der Waals surface area contributed by atoms with Crippen LogP contribution in [0.15, 0.2) is 0 Å². The highest BCUT2D eigenvalue weighted by Gasteiger charge is 2.38. The summed E-state index contributed by atoms with van der Waals surface area (Å²) in [6.07, 6.45) is 20.6. The first kappa shape index (κ1) is 41.9. The lowest BCUT2D eigenvalue weighted by Gasteiger charge is -2.31. The van der Waals surface area contributed by atoms with Crippen LogP contribution in [0.25, 0.3) is 0 Å². The summed E-state index contributed by atoms with van der Waals surface area (Å²) in [5.74, 6) is -1.48. The van der Waals surface area contributed by atoms with Gasteiger partial charge in [0.1, 0.15) is 31.8 Å². The van der Waals surface area contributed by atoms with E-state index in [-0.39, 0.29) is 70.0 Å². The van der Waals surface area contributed by atoms with Crippen molar-refractivity contribution < 1.29 is 38.1 Å². The van der Waals surface area contributed by atoms with Gasteiger partial charge >= 0.3 is 23.9 Å². The van der Waals surface area contributed by atoms with Crippen LogP contribution in [0.1, 0.15) is 175 Å². The maximum Gasteiger partial charge on any atom is 0.305 e. The number of ether oxygens (including phenoxy) is 4. The maximum absolute atomic E-state index is 12.6. The van der Waals surface area contributed by atoms with Gasteiger partial charge in [-0.05, 0) is 25.7 Å². The lowest BCUT2D eigenvalue weighted by Crippen LogP contribution is -2.44. The van der Waals surface area contributed by atoms with Gasteiger partial charge in [-0.15, -0.1) is 0 Å². The van der Waals surface area contributed by atoms with Gasteiger partial charge in [0.25, 0.3) is 0 Å². The Bertz CT molecular complexity index is 657. The molecule has 0 aliphatic carbocycles. The minimum absolute atomic E-state index is 0.171. The van der Waals surface area contributed by atoms with Gasteiger partial charge < -0.3 is 18.9 Å². The van der Waals surface area contributed by atoms with Gasteiger partial charge in [0.2, 0.25) is 0 Å². The van der Waals surface area contributed by atoms with Crippen LogP contribution in [0.5, 0.6) is 0 Å². The molecule has 0 heterocycles. The molecule has 0 aliphatic heterocycles. The fraction of sp³-hybridized carbons (Fsp3) is 0.889. The lowest BCUT2D eigenvalue weighted by molar-refractivity contribution is -0.170. The highest BCUT2D eigenvalue weighted by atomic mass is 16.6. The van der Waals surface area contributed by atoms with E-state index in [9.17, 15) is 19.2 Å². The minimum atomic E-state index is -1.17. The third-order valence-corrected chi connectivity index (χ3v) is 7.81. The monoisotopic (exact) mass is 626 g/mol. The number of carbonyl (C=O) groups excluding carboxylic acids is 4. The average Bonchev–Trinajstić information content (AvgIpc) is 3.01. The molecule has 0 aromatic heterocycles. The van der Waals surface area contributed by atoms with Crippen molar-refractivity contribution in [1.82, 2.24) is 0 Å². The molecule has 0 fully saturated rings. The molecule has 0 unspecified atom stereocenters. The molecule has 0 saturated carbocycles. The first-order valence-electron chi connectivity index (χ1n) is 17.9. The molecule has 0 amide bonds. The van der Waals surface area contributed by atoms with E-state index in [1.165, 1.54) is 38.5 Å². The Kier molecular flexibility index (Phi) is 28.2. The van der Waals surface area contributed by atoms with Gasteiger partial charge in [-0.2, -0.15) is 0 Å². The van der Waals surface area contributed by atoms with Gasteiger partial charge in [-0.3, -0.25) is 19.2 Å². The summed E-state index contributed by atoms with van der Waals surface area (Å²) in [6, 6.07) is 0. The molecule has 8 heteroatoms. The SMILES string of the molecule is CCCCCCCCC(=O)OCC(COC(=O)CCC)(COC(=O)CCCCCCCC)COC(=O)CCCCCCCC. The number of carbonyl (C=O) groups is 4. The van der Waals surface area contributed by atoms with E-state index in [0.717, 1.165) is 77.0 Å². The number of hydrogen-bond donors (Lipinski definition) is 0. The molecule has 0 radical (unpaired) electrons. The molecule has 0 aliphatic rings. The summed E-state index contributed by atoms with van der Waals surface area (Å²) < 4.78 is 22.5. The van der Waals surface area contributed by atoms with E-state index < -0.39 is 11.4 Å². The Hall–Kier alpha value is -2.12. The standard InChI is InChI=1S/C36H66O8/c1-5-9-12-15-18-21-25-33(38)42-29-36(28-41-32(37)24-8-4,30-43-34(39)26-22-19-16-13-10-6-2)31-44-35(40)27-23-20-17-14-11-7-3/h5-31H2,1-4H3. The van der Waals surface area contributed by atoms with Crippen LogP contribution < -0.4 is 0 Å². The van der Waals surface area contributed by atoms with E-state index in [4.69, 9.17) is 18.9 Å². The normalized spacial score (nSPS) is 11.3. The zero-order valence-electron chi connectivity index (χ0n) is 28.9. The van der Waals surface area contributed by atoms with Crippen LogP contribution in [0, 0.1) is 5.41 Å². The Balaban J connectivity index is 5.31. The molecular formula is C36H66O8. The third kappa shape index (κ3) is 25.2. The summed E-state index contributed by atoms with van der Waals surface area (Å²) >= 11 is 0. The fourth-order valence-electron chi connectivity index (χ4n) is 4.83. The molecule has 0 saturated heterocycles. The van der Waals surface area contributed by atoms with Crippen molar-refractivity contribution >= 4 is 23.9 Å². The second kappa shape index (κ2) is 29.6. The van der Waals surface area contributed by atoms with Gasteiger partial charge in [0, 0.05) is 25.7 Å². The van der Waals surface area contributed by atoms with Gasteiger partial charge in [-0.25, -0.2) is 0 Å². The van der Waals surface area contributed by atoms with Gasteiger partial charge in [-0.1, -0.05) is 124 Å². The molecule has 0 spiro atoms. The molecule has 0 N–H and O–H groups in total. The van der Waals surface area contributed by atoms with Crippen molar-refractivity contribution in [3.05, 3.63) is 0 Å². The Morgan fingerprint density at radius 1 is 0.341 bits per heavy atom. The number of unbranched alkanes of at least 4 members (excludes halogenated alkanes) is 15. The molecule has 0 rings (SSSR count). The number of hydrogen-bond acceptors (Lipinski definition) is 8. The second-order valence-corrected chi connectivity index (χ2v) is 12.4. The first-order chi connectivity index (χ1) is 21.3. The first-order valence-corrected chi connectivity index (χ1v) is 17.9. The van der Waals surface area contributed by atoms with E-state index in [1.54, 1.807) is 0 Å². The highest BCUT2D eigenvalue weighted by molar-refractivity contribution is 5.71. The number of esters is 4. The Labute approximate surface area is 269 Å². The maximum atomic E-state index is 12.6. The summed E-state index contributed by atoms with van der Waals surface area (Å²) in [5, 5.41) is 0. The zero-order valence-corrected chi connectivity index (χ0v) is 28.9. The molecule has 0 aromatic carbocycles. The van der Waals surface area contributed by atoms with Crippen molar-refractivity contribution in [1.29, 1.82) is 0 Å². The molecule has 0 aromatic rings. The smallest absolute Gasteiger partial charge is 0.305 e. The van der Waals surface area contributed by atoms with E-state index in [0.29, 0.717) is 6.42 Å². The molecule has 0 bridgehead atoms. The van der Waals surface area contributed by atoms with Crippen LogP contribution in [-0.4, -0.2) is 50.3 Å². The van der Waals surface area contributed by atoms with Crippen LogP contribution in [0.3, 0.4) is 0 Å². The lowest BCUT2D eigenvalue weighted by atomic mass is 9.92. The highest BCUT2D eigenvalue weighted by Crippen LogP contribution is 2.23. The van der Waals surface area contributed by atoms with Crippen molar-refractivity contribution in [3.8, 4) is 0 Å². The predicted octanol–water partition coefficient (Wildman–Crippen LogP) is 9.20. The quantitative estimate of drug-likeness (QED) is 0.0426. The van der Waals surface area contributed by atoms with Crippen LogP contribution >= 0.6 is 0 Å². The third-order valence-electron chi connectivity index (χ3n) is 7.81. The van der Waals surface area contributed by atoms with Gasteiger partial charge in [0.05, 0.1) is 0 Å². The minimum Gasteiger partial charge on any atom is -0.465 e. The van der Waals surface area contributed by atoms with Crippen molar-refractivity contribution in [3.63, 3.8) is 0 Å². The number of rotatable bonds is 31. The largest absolute Gasteiger partial charge is 0.465 e. The van der Waals surface area contributed by atoms with Gasteiger partial charge in [0.15, 0.2) is 0 Å². The Morgan fingerprint density at radius 3 is 0.864 bits per heavy atom. The molecule has 0 atom stereocenters. The average molecular weight is 627 g/mol. The van der Waals surface area contributed by atoms with Crippen molar-refractivity contribution in [2.45, 2.75) is 175 Å². The van der Waals surface area contributed by atoms with Crippen LogP contribution in [0.4, 0.5) is 0 Å². The fourth-order valence-corrected chi connectivity index (χ4v) is 4.83. The second-order valence-electron chi connectivity index (χ2n) is 12.4. The molecule has 8 nitrogen and oxygen atoms in total. The summed E-state index contributed by atoms with van der Waals surface area (Å²) in [7, 11) is 0. The van der Waals surface area contributed by atoms with Crippen molar-refractivity contribution in [2.75, 3.05) is 26.4 Å².